The van der Waals surface area contributed by atoms with Crippen molar-refractivity contribution in [2.75, 3.05) is 14.2 Å². The van der Waals surface area contributed by atoms with Gasteiger partial charge < -0.3 is 19.1 Å². The maximum absolute atomic E-state index is 13.4. The Morgan fingerprint density at radius 3 is 2.50 bits per heavy atom. The topological polar surface area (TPSA) is 64.7 Å². The van der Waals surface area contributed by atoms with Crippen LogP contribution in [0, 0.1) is 5.82 Å². The minimum atomic E-state index is -0.388. The summed E-state index contributed by atoms with van der Waals surface area (Å²) in [4.78, 5) is 0. The molecule has 1 aromatic heterocycles. The lowest BCUT2D eigenvalue weighted by atomic mass is 10.0. The van der Waals surface area contributed by atoms with E-state index in [2.05, 4.69) is 5.16 Å². The van der Waals surface area contributed by atoms with E-state index in [-0.39, 0.29) is 12.4 Å². The second-order valence-corrected chi connectivity index (χ2v) is 5.08. The summed E-state index contributed by atoms with van der Waals surface area (Å²) in [5, 5.41) is 13.8. The van der Waals surface area contributed by atoms with Crippen LogP contribution in [-0.4, -0.2) is 24.5 Å². The van der Waals surface area contributed by atoms with Gasteiger partial charge in [0.05, 0.1) is 26.4 Å². The van der Waals surface area contributed by atoms with Crippen LogP contribution >= 0.6 is 0 Å². The molecule has 0 aliphatic heterocycles. The van der Waals surface area contributed by atoms with Crippen molar-refractivity contribution in [3.8, 4) is 34.1 Å². The highest BCUT2D eigenvalue weighted by Crippen LogP contribution is 2.36. The Balaban J connectivity index is 2.10. The van der Waals surface area contributed by atoms with E-state index in [1.54, 1.807) is 37.4 Å². The van der Waals surface area contributed by atoms with Crippen LogP contribution in [0.3, 0.4) is 0 Å². The van der Waals surface area contributed by atoms with Crippen LogP contribution in [0.15, 0.2) is 47.0 Å². The van der Waals surface area contributed by atoms with Gasteiger partial charge in [0.2, 0.25) is 0 Å². The van der Waals surface area contributed by atoms with Crippen molar-refractivity contribution in [2.45, 2.75) is 6.61 Å². The van der Waals surface area contributed by atoms with Crippen LogP contribution in [0.25, 0.3) is 22.6 Å². The fourth-order valence-corrected chi connectivity index (χ4v) is 2.52. The number of ether oxygens (including phenoxy) is 2. The molecule has 0 unspecified atom stereocenters. The molecule has 0 aliphatic rings. The second kappa shape index (κ2) is 6.72. The maximum atomic E-state index is 13.4. The predicted molar refractivity (Wildman–Crippen MR) is 86.4 cm³/mol. The molecular weight excluding hydrogens is 313 g/mol. The number of methoxy groups -OCH3 is 2. The minimum Gasteiger partial charge on any atom is -0.493 e. The molecule has 0 fully saturated rings. The summed E-state index contributed by atoms with van der Waals surface area (Å²) in [6.45, 7) is -0.293. The standard InChI is InChI=1S/C18H16FNO4/c1-22-15-7-6-11(9-16(15)23-2)17-14(10-21)18(24-20-17)12-4-3-5-13(19)8-12/h3-9,21H,10H2,1-2H3. The van der Waals surface area contributed by atoms with Crippen molar-refractivity contribution in [3.63, 3.8) is 0 Å². The largest absolute Gasteiger partial charge is 0.493 e. The zero-order chi connectivity index (χ0) is 17.1. The van der Waals surface area contributed by atoms with E-state index < -0.39 is 0 Å². The molecule has 0 atom stereocenters. The smallest absolute Gasteiger partial charge is 0.173 e. The highest BCUT2D eigenvalue weighted by Gasteiger charge is 2.20. The third-order valence-corrected chi connectivity index (χ3v) is 3.69. The van der Waals surface area contributed by atoms with Crippen molar-refractivity contribution in [3.05, 3.63) is 53.8 Å². The molecule has 1 N–H and O–H groups in total. The summed E-state index contributed by atoms with van der Waals surface area (Å²) >= 11 is 0. The maximum Gasteiger partial charge on any atom is 0.173 e. The van der Waals surface area contributed by atoms with E-state index in [4.69, 9.17) is 14.0 Å². The first kappa shape index (κ1) is 16.0. The first-order valence-corrected chi connectivity index (χ1v) is 7.25. The predicted octanol–water partition coefficient (Wildman–Crippen LogP) is 3.66. The molecule has 0 radical (unpaired) electrons. The quantitative estimate of drug-likeness (QED) is 0.774. The summed E-state index contributed by atoms with van der Waals surface area (Å²) in [6, 6.07) is 11.2. The molecule has 24 heavy (non-hydrogen) atoms. The van der Waals surface area contributed by atoms with Gasteiger partial charge in [-0.15, -0.1) is 0 Å². The zero-order valence-electron chi connectivity index (χ0n) is 13.2. The molecule has 3 aromatic rings. The highest BCUT2D eigenvalue weighted by atomic mass is 19.1. The molecule has 3 rings (SSSR count). The van der Waals surface area contributed by atoms with Gasteiger partial charge in [-0.3, -0.25) is 0 Å². The number of aromatic nitrogens is 1. The van der Waals surface area contributed by atoms with Crippen LogP contribution in [0.5, 0.6) is 11.5 Å². The van der Waals surface area contributed by atoms with E-state index in [9.17, 15) is 9.50 Å². The summed E-state index contributed by atoms with van der Waals surface area (Å²) in [6.07, 6.45) is 0. The van der Waals surface area contributed by atoms with Crippen molar-refractivity contribution in [2.24, 2.45) is 0 Å². The van der Waals surface area contributed by atoms with Crippen molar-refractivity contribution < 1.29 is 23.5 Å². The molecule has 1 heterocycles. The third-order valence-electron chi connectivity index (χ3n) is 3.69. The molecule has 0 amide bonds. The van der Waals surface area contributed by atoms with Gasteiger partial charge in [0.1, 0.15) is 11.5 Å². The molecule has 0 saturated heterocycles. The SMILES string of the molecule is COc1ccc(-c2noc(-c3cccc(F)c3)c2CO)cc1OC. The molecule has 6 heteroatoms. The highest BCUT2D eigenvalue weighted by molar-refractivity contribution is 5.74. The van der Waals surface area contributed by atoms with Crippen molar-refractivity contribution in [1.29, 1.82) is 0 Å². The number of hydrogen-bond acceptors (Lipinski definition) is 5. The summed E-state index contributed by atoms with van der Waals surface area (Å²) in [7, 11) is 3.09. The lowest BCUT2D eigenvalue weighted by Gasteiger charge is -2.09. The van der Waals surface area contributed by atoms with Crippen LogP contribution in [0.1, 0.15) is 5.56 Å². The van der Waals surface area contributed by atoms with Crippen LogP contribution in [-0.2, 0) is 6.61 Å². The molecule has 0 bridgehead atoms. The molecule has 5 nitrogen and oxygen atoms in total. The van der Waals surface area contributed by atoms with Gasteiger partial charge in [-0.25, -0.2) is 4.39 Å². The Morgan fingerprint density at radius 1 is 1.04 bits per heavy atom. The van der Waals surface area contributed by atoms with Gasteiger partial charge >= 0.3 is 0 Å². The normalized spacial score (nSPS) is 10.7. The van der Waals surface area contributed by atoms with E-state index in [1.807, 2.05) is 0 Å². The average molecular weight is 329 g/mol. The van der Waals surface area contributed by atoms with Gasteiger partial charge in [-0.1, -0.05) is 17.3 Å². The van der Waals surface area contributed by atoms with Gasteiger partial charge in [-0.05, 0) is 30.3 Å². The minimum absolute atomic E-state index is 0.293. The first-order chi connectivity index (χ1) is 11.7. The molecule has 0 aliphatic carbocycles. The molecule has 0 saturated carbocycles. The van der Waals surface area contributed by atoms with Crippen molar-refractivity contribution >= 4 is 0 Å². The average Bonchev–Trinajstić information content (AvgIpc) is 3.05. The van der Waals surface area contributed by atoms with E-state index in [1.165, 1.54) is 19.2 Å². The third kappa shape index (κ3) is 2.83. The lowest BCUT2D eigenvalue weighted by molar-refractivity contribution is 0.281. The van der Waals surface area contributed by atoms with Crippen molar-refractivity contribution in [1.82, 2.24) is 5.16 Å². The summed E-state index contributed by atoms with van der Waals surface area (Å²) < 4.78 is 29.3. The number of benzene rings is 2. The van der Waals surface area contributed by atoms with Gasteiger partial charge in [0.25, 0.3) is 0 Å². The summed E-state index contributed by atoms with van der Waals surface area (Å²) in [5.41, 5.74) is 2.16. The number of halogens is 1. The fraction of sp³-hybridized carbons (Fsp3) is 0.167. The number of rotatable bonds is 5. The number of aliphatic hydroxyl groups excluding tert-OH is 1. The number of hydrogen-bond donors (Lipinski definition) is 1. The Labute approximate surface area is 138 Å². The van der Waals surface area contributed by atoms with Crippen LogP contribution in [0.4, 0.5) is 4.39 Å². The number of nitrogens with zero attached hydrogens (tertiary/aromatic N) is 1. The lowest BCUT2D eigenvalue weighted by Crippen LogP contribution is -1.93. The zero-order valence-corrected chi connectivity index (χ0v) is 13.2. The van der Waals surface area contributed by atoms with Gasteiger partial charge in [-0.2, -0.15) is 0 Å². The number of aliphatic hydroxyl groups is 1. The Bertz CT molecular complexity index is 860. The summed E-state index contributed by atoms with van der Waals surface area (Å²) in [5.74, 6) is 1.07. The molecule has 0 spiro atoms. The molecule has 124 valence electrons. The van der Waals surface area contributed by atoms with E-state index in [0.29, 0.717) is 39.6 Å². The van der Waals surface area contributed by atoms with E-state index >= 15 is 0 Å². The van der Waals surface area contributed by atoms with Crippen LogP contribution in [0.2, 0.25) is 0 Å². The van der Waals surface area contributed by atoms with Gasteiger partial charge in [0, 0.05) is 11.1 Å². The Morgan fingerprint density at radius 2 is 1.83 bits per heavy atom. The molecule has 2 aromatic carbocycles. The van der Waals surface area contributed by atoms with Gasteiger partial charge in [0.15, 0.2) is 17.3 Å². The molecular formula is C18H16FNO4. The first-order valence-electron chi connectivity index (χ1n) is 7.25. The Kier molecular flexibility index (Phi) is 4.48. The Hall–Kier alpha value is -2.86. The van der Waals surface area contributed by atoms with E-state index in [0.717, 1.165) is 0 Å². The fourth-order valence-electron chi connectivity index (χ4n) is 2.52. The second-order valence-electron chi connectivity index (χ2n) is 5.08. The monoisotopic (exact) mass is 329 g/mol. The van der Waals surface area contributed by atoms with Crippen LogP contribution < -0.4 is 9.47 Å².